The number of nitrogens with zero attached hydrogens (tertiary/aromatic N) is 1. The standard InChI is InChI=1S/C15H21N/c1-13-10-15(13)8-5-9-16(12-15)11-14-6-3-2-4-7-14/h2-4,6-7,13H,5,8-12H2,1H3. The molecule has 0 aromatic heterocycles. The fourth-order valence-electron chi connectivity index (χ4n) is 3.35. The minimum Gasteiger partial charge on any atom is -0.299 e. The Balaban J connectivity index is 1.64. The number of likely N-dealkylation sites (tertiary alicyclic amines) is 1. The molecule has 0 N–H and O–H groups in total. The molecular formula is C15H21N. The molecule has 2 unspecified atom stereocenters. The smallest absolute Gasteiger partial charge is 0.0233 e. The van der Waals surface area contributed by atoms with Gasteiger partial charge in [0.05, 0.1) is 0 Å². The molecule has 2 atom stereocenters. The number of benzene rings is 1. The van der Waals surface area contributed by atoms with Gasteiger partial charge in [-0.3, -0.25) is 4.90 Å². The molecule has 0 amide bonds. The first-order valence-electron chi connectivity index (χ1n) is 6.55. The van der Waals surface area contributed by atoms with Crippen LogP contribution in [0.2, 0.25) is 0 Å². The van der Waals surface area contributed by atoms with Gasteiger partial charge in [0.2, 0.25) is 0 Å². The fraction of sp³-hybridized carbons (Fsp3) is 0.600. The van der Waals surface area contributed by atoms with E-state index in [1.807, 2.05) is 0 Å². The predicted molar refractivity (Wildman–Crippen MR) is 67.2 cm³/mol. The van der Waals surface area contributed by atoms with E-state index in [9.17, 15) is 0 Å². The molecule has 1 aliphatic heterocycles. The van der Waals surface area contributed by atoms with Crippen molar-refractivity contribution in [3.8, 4) is 0 Å². The summed E-state index contributed by atoms with van der Waals surface area (Å²) in [5.74, 6) is 0.978. The highest BCUT2D eigenvalue weighted by Gasteiger charge is 2.52. The molecule has 1 spiro atoms. The highest BCUT2D eigenvalue weighted by Crippen LogP contribution is 2.57. The van der Waals surface area contributed by atoms with Gasteiger partial charge in [0.15, 0.2) is 0 Å². The molecule has 16 heavy (non-hydrogen) atoms. The van der Waals surface area contributed by atoms with Gasteiger partial charge in [-0.15, -0.1) is 0 Å². The first kappa shape index (κ1) is 10.3. The van der Waals surface area contributed by atoms with Crippen LogP contribution < -0.4 is 0 Å². The van der Waals surface area contributed by atoms with E-state index in [0.717, 1.165) is 12.5 Å². The molecule has 1 saturated carbocycles. The second kappa shape index (κ2) is 3.89. The quantitative estimate of drug-likeness (QED) is 0.731. The maximum absolute atomic E-state index is 2.66. The van der Waals surface area contributed by atoms with Crippen molar-refractivity contribution >= 4 is 0 Å². The number of hydrogen-bond donors (Lipinski definition) is 0. The monoisotopic (exact) mass is 215 g/mol. The van der Waals surface area contributed by atoms with E-state index in [4.69, 9.17) is 0 Å². The summed E-state index contributed by atoms with van der Waals surface area (Å²) in [4.78, 5) is 2.66. The third kappa shape index (κ3) is 1.89. The van der Waals surface area contributed by atoms with Crippen molar-refractivity contribution in [3.05, 3.63) is 35.9 Å². The van der Waals surface area contributed by atoms with E-state index in [1.54, 1.807) is 0 Å². The summed E-state index contributed by atoms with van der Waals surface area (Å²) in [5, 5.41) is 0. The van der Waals surface area contributed by atoms with Crippen LogP contribution in [0.25, 0.3) is 0 Å². The highest BCUT2D eigenvalue weighted by molar-refractivity contribution is 5.15. The Morgan fingerprint density at radius 1 is 1.31 bits per heavy atom. The van der Waals surface area contributed by atoms with Gasteiger partial charge in [-0.25, -0.2) is 0 Å². The topological polar surface area (TPSA) is 3.24 Å². The minimum absolute atomic E-state index is 0.715. The molecule has 1 aromatic rings. The molecule has 1 heterocycles. The van der Waals surface area contributed by atoms with Gasteiger partial charge in [0.25, 0.3) is 0 Å². The van der Waals surface area contributed by atoms with Crippen molar-refractivity contribution < 1.29 is 0 Å². The molecule has 1 nitrogen and oxygen atoms in total. The Morgan fingerprint density at radius 3 is 2.75 bits per heavy atom. The van der Waals surface area contributed by atoms with Crippen molar-refractivity contribution in [3.63, 3.8) is 0 Å². The lowest BCUT2D eigenvalue weighted by atomic mass is 9.92. The zero-order valence-electron chi connectivity index (χ0n) is 10.2. The van der Waals surface area contributed by atoms with Gasteiger partial charge in [-0.1, -0.05) is 37.3 Å². The second-order valence-corrected chi connectivity index (χ2v) is 5.77. The van der Waals surface area contributed by atoms with Gasteiger partial charge in [0, 0.05) is 13.1 Å². The van der Waals surface area contributed by atoms with Crippen LogP contribution in [-0.4, -0.2) is 18.0 Å². The fourth-order valence-corrected chi connectivity index (χ4v) is 3.35. The van der Waals surface area contributed by atoms with Crippen molar-refractivity contribution in [2.75, 3.05) is 13.1 Å². The van der Waals surface area contributed by atoms with E-state index < -0.39 is 0 Å². The normalized spacial score (nSPS) is 34.2. The lowest BCUT2D eigenvalue weighted by Gasteiger charge is -2.33. The number of hydrogen-bond acceptors (Lipinski definition) is 1. The van der Waals surface area contributed by atoms with Crippen LogP contribution in [0, 0.1) is 11.3 Å². The van der Waals surface area contributed by atoms with Crippen molar-refractivity contribution in [1.29, 1.82) is 0 Å². The summed E-state index contributed by atoms with van der Waals surface area (Å²) in [6.45, 7) is 6.20. The Kier molecular flexibility index (Phi) is 2.51. The van der Waals surface area contributed by atoms with Crippen molar-refractivity contribution in [2.24, 2.45) is 11.3 Å². The number of rotatable bonds is 2. The molecular weight excluding hydrogens is 194 g/mol. The average molecular weight is 215 g/mol. The third-order valence-electron chi connectivity index (χ3n) is 4.53. The zero-order valence-corrected chi connectivity index (χ0v) is 10.2. The molecule has 1 saturated heterocycles. The molecule has 0 bridgehead atoms. The summed E-state index contributed by atoms with van der Waals surface area (Å²) >= 11 is 0. The van der Waals surface area contributed by atoms with Crippen LogP contribution in [-0.2, 0) is 6.54 Å². The lowest BCUT2D eigenvalue weighted by Crippen LogP contribution is -2.36. The first-order valence-corrected chi connectivity index (χ1v) is 6.55. The van der Waals surface area contributed by atoms with E-state index in [-0.39, 0.29) is 0 Å². The lowest BCUT2D eigenvalue weighted by molar-refractivity contribution is 0.145. The van der Waals surface area contributed by atoms with Crippen LogP contribution in [0.5, 0.6) is 0 Å². The van der Waals surface area contributed by atoms with Crippen LogP contribution in [0.1, 0.15) is 31.7 Å². The summed E-state index contributed by atoms with van der Waals surface area (Å²) in [7, 11) is 0. The second-order valence-electron chi connectivity index (χ2n) is 5.77. The largest absolute Gasteiger partial charge is 0.299 e. The molecule has 1 heteroatoms. The average Bonchev–Trinajstić information content (AvgIpc) is 2.89. The van der Waals surface area contributed by atoms with Gasteiger partial charge in [-0.05, 0) is 42.7 Å². The third-order valence-corrected chi connectivity index (χ3v) is 4.53. The van der Waals surface area contributed by atoms with Crippen molar-refractivity contribution in [1.82, 2.24) is 4.90 Å². The zero-order chi connectivity index (χ0) is 11.0. The molecule has 0 radical (unpaired) electrons. The van der Waals surface area contributed by atoms with Gasteiger partial charge in [0.1, 0.15) is 0 Å². The van der Waals surface area contributed by atoms with Crippen molar-refractivity contribution in [2.45, 2.75) is 32.7 Å². The number of piperidine rings is 1. The van der Waals surface area contributed by atoms with Crippen LogP contribution in [0.15, 0.2) is 30.3 Å². The Bertz CT molecular complexity index is 359. The van der Waals surface area contributed by atoms with Gasteiger partial charge in [-0.2, -0.15) is 0 Å². The molecule has 1 aliphatic carbocycles. The maximum Gasteiger partial charge on any atom is 0.0233 e. The van der Waals surface area contributed by atoms with Gasteiger partial charge < -0.3 is 0 Å². The molecule has 86 valence electrons. The maximum atomic E-state index is 2.66. The molecule has 2 aliphatic rings. The van der Waals surface area contributed by atoms with E-state index in [0.29, 0.717) is 5.41 Å². The SMILES string of the molecule is CC1CC12CCCN(Cc1ccccc1)C2. The van der Waals surface area contributed by atoms with Crippen LogP contribution >= 0.6 is 0 Å². The highest BCUT2D eigenvalue weighted by atomic mass is 15.1. The Hall–Kier alpha value is -0.820. The first-order chi connectivity index (χ1) is 7.78. The van der Waals surface area contributed by atoms with E-state index >= 15 is 0 Å². The predicted octanol–water partition coefficient (Wildman–Crippen LogP) is 3.31. The van der Waals surface area contributed by atoms with Crippen LogP contribution in [0.3, 0.4) is 0 Å². The summed E-state index contributed by atoms with van der Waals surface area (Å²) < 4.78 is 0. The van der Waals surface area contributed by atoms with Gasteiger partial charge >= 0.3 is 0 Å². The molecule has 3 rings (SSSR count). The molecule has 1 aromatic carbocycles. The Labute approximate surface area is 98.5 Å². The van der Waals surface area contributed by atoms with E-state index in [1.165, 1.54) is 37.9 Å². The minimum atomic E-state index is 0.715. The summed E-state index contributed by atoms with van der Waals surface area (Å²) in [6, 6.07) is 10.9. The van der Waals surface area contributed by atoms with E-state index in [2.05, 4.69) is 42.2 Å². The summed E-state index contributed by atoms with van der Waals surface area (Å²) in [6.07, 6.45) is 4.34. The summed E-state index contributed by atoms with van der Waals surface area (Å²) in [5.41, 5.74) is 2.18. The Morgan fingerprint density at radius 2 is 2.06 bits per heavy atom. The van der Waals surface area contributed by atoms with Crippen LogP contribution in [0.4, 0.5) is 0 Å². The molecule has 2 fully saturated rings.